The van der Waals surface area contributed by atoms with Crippen molar-refractivity contribution < 1.29 is 0 Å². The molecule has 0 atom stereocenters. The zero-order chi connectivity index (χ0) is 11.1. The van der Waals surface area contributed by atoms with Crippen molar-refractivity contribution in [1.29, 1.82) is 5.26 Å². The molecule has 0 saturated heterocycles. The van der Waals surface area contributed by atoms with Crippen LogP contribution < -0.4 is 4.90 Å². The largest absolute Gasteiger partial charge is 0.374 e. The first-order chi connectivity index (χ1) is 7.29. The number of benzene rings is 1. The molecule has 80 valence electrons. The third kappa shape index (κ3) is 3.49. The van der Waals surface area contributed by atoms with Crippen LogP contribution in [0.1, 0.15) is 12.0 Å². The van der Waals surface area contributed by atoms with Crippen molar-refractivity contribution >= 4 is 17.4 Å². The summed E-state index contributed by atoms with van der Waals surface area (Å²) in [6.45, 7) is 1.000. The van der Waals surface area contributed by atoms with Crippen LogP contribution in [0.5, 0.6) is 0 Å². The van der Waals surface area contributed by atoms with Crippen molar-refractivity contribution in [3.63, 3.8) is 0 Å². The number of hydrogen-bond acceptors (Lipinski definition) is 3. The maximum atomic E-state index is 8.96. The molecule has 1 aromatic rings. The lowest BCUT2D eigenvalue weighted by Crippen LogP contribution is -2.19. The van der Waals surface area contributed by atoms with Gasteiger partial charge in [-0.15, -0.1) is 0 Å². The maximum absolute atomic E-state index is 8.96. The quantitative estimate of drug-likeness (QED) is 0.714. The van der Waals surface area contributed by atoms with E-state index in [1.807, 2.05) is 43.1 Å². The zero-order valence-electron chi connectivity index (χ0n) is 9.23. The van der Waals surface area contributed by atoms with E-state index in [1.165, 1.54) is 5.75 Å². The van der Waals surface area contributed by atoms with Gasteiger partial charge in [-0.25, -0.2) is 0 Å². The van der Waals surface area contributed by atoms with Crippen LogP contribution in [0.25, 0.3) is 0 Å². The molecular weight excluding hydrogens is 204 g/mol. The van der Waals surface area contributed by atoms with Gasteiger partial charge in [0.25, 0.3) is 0 Å². The van der Waals surface area contributed by atoms with E-state index in [1.54, 1.807) is 0 Å². The lowest BCUT2D eigenvalue weighted by molar-refractivity contribution is 0.859. The van der Waals surface area contributed by atoms with Crippen molar-refractivity contribution in [3.05, 3.63) is 29.8 Å². The van der Waals surface area contributed by atoms with Gasteiger partial charge in [0.15, 0.2) is 0 Å². The standard InChI is InChI=1S/C12H16N2S/c1-14(8-5-9-15-2)12-7-4-3-6-11(12)10-13/h3-4,6-7H,5,8-9H2,1-2H3. The number of hydrogen-bond donors (Lipinski definition) is 0. The molecule has 0 unspecified atom stereocenters. The van der Waals surface area contributed by atoms with Gasteiger partial charge in [-0.05, 0) is 30.6 Å². The average molecular weight is 220 g/mol. The fourth-order valence-corrected chi connectivity index (χ4v) is 1.89. The van der Waals surface area contributed by atoms with E-state index >= 15 is 0 Å². The van der Waals surface area contributed by atoms with Crippen LogP contribution in [-0.4, -0.2) is 25.6 Å². The van der Waals surface area contributed by atoms with Crippen molar-refractivity contribution in [2.24, 2.45) is 0 Å². The monoisotopic (exact) mass is 220 g/mol. The summed E-state index contributed by atoms with van der Waals surface area (Å²) in [6, 6.07) is 9.95. The minimum absolute atomic E-state index is 0.754. The Morgan fingerprint density at radius 3 is 2.80 bits per heavy atom. The lowest BCUT2D eigenvalue weighted by Gasteiger charge is -2.19. The van der Waals surface area contributed by atoms with Gasteiger partial charge in [-0.2, -0.15) is 17.0 Å². The highest BCUT2D eigenvalue weighted by Gasteiger charge is 2.05. The minimum atomic E-state index is 0.754. The summed E-state index contributed by atoms with van der Waals surface area (Å²) < 4.78 is 0. The summed E-state index contributed by atoms with van der Waals surface area (Å²) >= 11 is 1.86. The van der Waals surface area contributed by atoms with Gasteiger partial charge in [0.1, 0.15) is 6.07 Å². The normalized spacial score (nSPS) is 9.67. The molecule has 0 aliphatic carbocycles. The van der Waals surface area contributed by atoms with Gasteiger partial charge in [-0.1, -0.05) is 12.1 Å². The van der Waals surface area contributed by atoms with Gasteiger partial charge < -0.3 is 4.90 Å². The molecule has 0 aliphatic rings. The Kier molecular flexibility index (Phi) is 5.06. The molecule has 0 spiro atoms. The van der Waals surface area contributed by atoms with E-state index in [2.05, 4.69) is 17.2 Å². The maximum Gasteiger partial charge on any atom is 0.101 e. The van der Waals surface area contributed by atoms with E-state index in [0.29, 0.717) is 0 Å². The third-order valence-electron chi connectivity index (χ3n) is 2.28. The van der Waals surface area contributed by atoms with Crippen LogP contribution in [0.3, 0.4) is 0 Å². The molecule has 1 aromatic carbocycles. The molecule has 0 radical (unpaired) electrons. The van der Waals surface area contributed by atoms with Crippen LogP contribution in [-0.2, 0) is 0 Å². The molecule has 0 N–H and O–H groups in total. The smallest absolute Gasteiger partial charge is 0.101 e. The highest BCUT2D eigenvalue weighted by Crippen LogP contribution is 2.18. The highest BCUT2D eigenvalue weighted by atomic mass is 32.2. The number of thioether (sulfide) groups is 1. The number of nitrogens with zero attached hydrogens (tertiary/aromatic N) is 2. The summed E-state index contributed by atoms with van der Waals surface area (Å²) in [5.74, 6) is 1.17. The summed E-state index contributed by atoms with van der Waals surface area (Å²) in [6.07, 6.45) is 3.26. The SMILES string of the molecule is CSCCCN(C)c1ccccc1C#N. The molecule has 0 amide bonds. The second kappa shape index (κ2) is 6.36. The van der Waals surface area contributed by atoms with Crippen molar-refractivity contribution in [2.45, 2.75) is 6.42 Å². The molecule has 15 heavy (non-hydrogen) atoms. The minimum Gasteiger partial charge on any atom is -0.374 e. The van der Waals surface area contributed by atoms with E-state index in [4.69, 9.17) is 5.26 Å². The first-order valence-corrected chi connectivity index (χ1v) is 6.38. The van der Waals surface area contributed by atoms with Gasteiger partial charge in [0.2, 0.25) is 0 Å². The summed E-state index contributed by atoms with van der Waals surface area (Å²) in [4.78, 5) is 2.15. The van der Waals surface area contributed by atoms with Crippen LogP contribution in [0.2, 0.25) is 0 Å². The molecule has 3 heteroatoms. The Bertz CT molecular complexity index is 344. The topological polar surface area (TPSA) is 27.0 Å². The molecule has 1 rings (SSSR count). The molecule has 0 aromatic heterocycles. The molecule has 2 nitrogen and oxygen atoms in total. The van der Waals surface area contributed by atoms with Crippen LogP contribution in [0, 0.1) is 11.3 Å². The molecule has 0 fully saturated rings. The third-order valence-corrected chi connectivity index (χ3v) is 2.97. The van der Waals surface area contributed by atoms with E-state index in [-0.39, 0.29) is 0 Å². The second-order valence-electron chi connectivity index (χ2n) is 3.40. The Hall–Kier alpha value is -1.14. The first kappa shape index (κ1) is 11.9. The summed E-state index contributed by atoms with van der Waals surface area (Å²) in [5.41, 5.74) is 1.78. The van der Waals surface area contributed by atoms with Crippen LogP contribution in [0.15, 0.2) is 24.3 Å². The van der Waals surface area contributed by atoms with Gasteiger partial charge >= 0.3 is 0 Å². The van der Waals surface area contributed by atoms with Crippen molar-refractivity contribution in [2.75, 3.05) is 30.5 Å². The highest BCUT2D eigenvalue weighted by molar-refractivity contribution is 7.98. The predicted molar refractivity (Wildman–Crippen MR) is 67.4 cm³/mol. The Morgan fingerprint density at radius 2 is 2.13 bits per heavy atom. The average Bonchev–Trinajstić information content (AvgIpc) is 2.29. The lowest BCUT2D eigenvalue weighted by atomic mass is 10.2. The van der Waals surface area contributed by atoms with E-state index < -0.39 is 0 Å². The molecule has 0 aliphatic heterocycles. The van der Waals surface area contributed by atoms with E-state index in [0.717, 1.165) is 24.2 Å². The zero-order valence-corrected chi connectivity index (χ0v) is 10.0. The molecule has 0 saturated carbocycles. The number of para-hydroxylation sites is 1. The molecule has 0 heterocycles. The molecular formula is C12H16N2S. The van der Waals surface area contributed by atoms with Crippen molar-refractivity contribution in [1.82, 2.24) is 0 Å². The van der Waals surface area contributed by atoms with Gasteiger partial charge in [0, 0.05) is 13.6 Å². The first-order valence-electron chi connectivity index (χ1n) is 4.98. The predicted octanol–water partition coefficient (Wildman–Crippen LogP) is 2.75. The van der Waals surface area contributed by atoms with Crippen LogP contribution >= 0.6 is 11.8 Å². The van der Waals surface area contributed by atoms with Gasteiger partial charge in [-0.3, -0.25) is 0 Å². The fraction of sp³-hybridized carbons (Fsp3) is 0.417. The van der Waals surface area contributed by atoms with E-state index in [9.17, 15) is 0 Å². The number of nitriles is 1. The summed E-state index contributed by atoms with van der Waals surface area (Å²) in [5, 5.41) is 8.96. The Balaban J connectivity index is 2.65. The number of rotatable bonds is 5. The second-order valence-corrected chi connectivity index (χ2v) is 4.38. The van der Waals surface area contributed by atoms with Crippen molar-refractivity contribution in [3.8, 4) is 6.07 Å². The number of anilines is 1. The molecule has 0 bridgehead atoms. The fourth-order valence-electron chi connectivity index (χ4n) is 1.47. The van der Waals surface area contributed by atoms with Crippen LogP contribution in [0.4, 0.5) is 5.69 Å². The Labute approximate surface area is 95.9 Å². The summed E-state index contributed by atoms with van der Waals surface area (Å²) in [7, 11) is 2.04. The Morgan fingerprint density at radius 1 is 1.40 bits per heavy atom. The van der Waals surface area contributed by atoms with Gasteiger partial charge in [0.05, 0.1) is 11.3 Å².